The maximum Gasteiger partial charge on any atom is 0.172 e. The maximum atomic E-state index is 5.64. The van der Waals surface area contributed by atoms with Crippen molar-refractivity contribution in [1.29, 1.82) is 0 Å². The third-order valence-corrected chi connectivity index (χ3v) is 6.63. The summed E-state index contributed by atoms with van der Waals surface area (Å²) >= 11 is 3.61. The van der Waals surface area contributed by atoms with Crippen LogP contribution in [0.25, 0.3) is 21.8 Å². The quantitative estimate of drug-likeness (QED) is 0.619. The standard InChI is InChI=1S/C17H16N2OS2/c1-17(2)7-11-13(14-12(17)9-19-20-14)16(21-3)22-15(11)10-5-4-6-18-8-10/h4-6,8-9H,7H2,1-3H3. The second-order valence-electron chi connectivity index (χ2n) is 6.15. The Labute approximate surface area is 137 Å². The van der Waals surface area contributed by atoms with Crippen molar-refractivity contribution in [3.05, 3.63) is 41.9 Å². The van der Waals surface area contributed by atoms with Gasteiger partial charge >= 0.3 is 0 Å². The fourth-order valence-corrected chi connectivity index (χ4v) is 5.20. The molecule has 22 heavy (non-hydrogen) atoms. The van der Waals surface area contributed by atoms with Crippen LogP contribution >= 0.6 is 23.1 Å². The maximum absolute atomic E-state index is 5.64. The van der Waals surface area contributed by atoms with Gasteiger partial charge < -0.3 is 4.52 Å². The van der Waals surface area contributed by atoms with E-state index in [9.17, 15) is 0 Å². The summed E-state index contributed by atoms with van der Waals surface area (Å²) in [6.45, 7) is 4.52. The van der Waals surface area contributed by atoms with Gasteiger partial charge in [0.2, 0.25) is 0 Å². The molecule has 0 aromatic carbocycles. The lowest BCUT2D eigenvalue weighted by molar-refractivity contribution is 0.423. The molecule has 3 aromatic heterocycles. The van der Waals surface area contributed by atoms with Crippen LogP contribution in [-0.2, 0) is 11.8 Å². The van der Waals surface area contributed by atoms with Gasteiger partial charge in [-0.2, -0.15) is 0 Å². The van der Waals surface area contributed by atoms with Crippen molar-refractivity contribution in [3.63, 3.8) is 0 Å². The van der Waals surface area contributed by atoms with E-state index in [4.69, 9.17) is 4.52 Å². The summed E-state index contributed by atoms with van der Waals surface area (Å²) in [4.78, 5) is 5.59. The smallest absolute Gasteiger partial charge is 0.172 e. The van der Waals surface area contributed by atoms with Crippen molar-refractivity contribution in [3.8, 4) is 21.8 Å². The highest BCUT2D eigenvalue weighted by molar-refractivity contribution is 8.00. The zero-order chi connectivity index (χ0) is 15.3. The molecule has 0 bridgehead atoms. The summed E-state index contributed by atoms with van der Waals surface area (Å²) in [5.41, 5.74) is 5.05. The number of rotatable bonds is 2. The van der Waals surface area contributed by atoms with Gasteiger partial charge in [0.05, 0.1) is 10.4 Å². The highest BCUT2D eigenvalue weighted by Crippen LogP contribution is 2.53. The molecule has 0 radical (unpaired) electrons. The predicted octanol–water partition coefficient (Wildman–Crippen LogP) is 5.02. The van der Waals surface area contributed by atoms with Crippen LogP contribution in [0.2, 0.25) is 0 Å². The summed E-state index contributed by atoms with van der Waals surface area (Å²) < 4.78 is 6.93. The number of aromatic nitrogens is 2. The second-order valence-corrected chi connectivity index (χ2v) is 8.24. The SMILES string of the molecule is CSc1sc(-c2cccnc2)c2c1-c1oncc1C(C)(C)C2. The molecule has 5 heteroatoms. The predicted molar refractivity (Wildman–Crippen MR) is 91.6 cm³/mol. The first-order valence-electron chi connectivity index (χ1n) is 7.17. The Bertz CT molecular complexity index is 834. The Kier molecular flexibility index (Phi) is 3.16. The highest BCUT2D eigenvalue weighted by atomic mass is 32.2. The van der Waals surface area contributed by atoms with E-state index >= 15 is 0 Å². The Hall–Kier alpha value is -1.59. The van der Waals surface area contributed by atoms with Gasteiger partial charge in [0.15, 0.2) is 5.76 Å². The molecule has 1 aliphatic rings. The van der Waals surface area contributed by atoms with E-state index in [1.165, 1.54) is 31.3 Å². The fraction of sp³-hybridized carbons (Fsp3) is 0.294. The minimum Gasteiger partial charge on any atom is -0.356 e. The molecule has 3 nitrogen and oxygen atoms in total. The average molecular weight is 328 g/mol. The van der Waals surface area contributed by atoms with Crippen molar-refractivity contribution in [1.82, 2.24) is 10.1 Å². The van der Waals surface area contributed by atoms with E-state index in [2.05, 4.69) is 36.3 Å². The van der Waals surface area contributed by atoms with Crippen LogP contribution in [0.4, 0.5) is 0 Å². The van der Waals surface area contributed by atoms with Crippen LogP contribution in [0.5, 0.6) is 0 Å². The lowest BCUT2D eigenvalue weighted by atomic mass is 9.73. The number of fused-ring (bicyclic) bond motifs is 3. The molecule has 112 valence electrons. The molecular weight excluding hydrogens is 312 g/mol. The minimum atomic E-state index is 0.0377. The summed E-state index contributed by atoms with van der Waals surface area (Å²) in [5.74, 6) is 0.946. The first-order valence-corrected chi connectivity index (χ1v) is 9.21. The number of hydrogen-bond donors (Lipinski definition) is 0. The molecule has 1 aliphatic carbocycles. The number of nitrogens with zero attached hydrogens (tertiary/aromatic N) is 2. The number of thioether (sulfide) groups is 1. The molecule has 4 rings (SSSR count). The molecule has 0 fully saturated rings. The molecule has 0 amide bonds. The van der Waals surface area contributed by atoms with Gasteiger partial charge in [0.25, 0.3) is 0 Å². The molecule has 0 atom stereocenters. The number of hydrogen-bond acceptors (Lipinski definition) is 5. The van der Waals surface area contributed by atoms with Crippen molar-refractivity contribution < 1.29 is 4.52 Å². The van der Waals surface area contributed by atoms with Crippen molar-refractivity contribution in [2.75, 3.05) is 6.26 Å². The van der Waals surface area contributed by atoms with Gasteiger partial charge in [-0.3, -0.25) is 4.98 Å². The summed E-state index contributed by atoms with van der Waals surface area (Å²) in [6.07, 6.45) is 8.76. The van der Waals surface area contributed by atoms with E-state index < -0.39 is 0 Å². The topological polar surface area (TPSA) is 38.9 Å². The Balaban J connectivity index is 2.01. The third kappa shape index (κ3) is 1.96. The first-order chi connectivity index (χ1) is 10.6. The Morgan fingerprint density at radius 3 is 2.91 bits per heavy atom. The minimum absolute atomic E-state index is 0.0377. The van der Waals surface area contributed by atoms with E-state index in [1.807, 2.05) is 36.0 Å². The lowest BCUT2D eigenvalue weighted by Gasteiger charge is -2.29. The Morgan fingerprint density at radius 2 is 2.18 bits per heavy atom. The van der Waals surface area contributed by atoms with Crippen LogP contribution in [-0.4, -0.2) is 16.4 Å². The molecule has 0 spiro atoms. The zero-order valence-corrected chi connectivity index (χ0v) is 14.3. The van der Waals surface area contributed by atoms with Crippen molar-refractivity contribution in [2.45, 2.75) is 29.9 Å². The highest BCUT2D eigenvalue weighted by Gasteiger charge is 2.38. The van der Waals surface area contributed by atoms with Gasteiger partial charge in [0, 0.05) is 34.0 Å². The molecular formula is C17H16N2OS2. The lowest BCUT2D eigenvalue weighted by Crippen LogP contribution is -2.24. The van der Waals surface area contributed by atoms with Crippen LogP contribution < -0.4 is 0 Å². The van der Waals surface area contributed by atoms with E-state index in [0.717, 1.165) is 12.2 Å². The van der Waals surface area contributed by atoms with E-state index in [-0.39, 0.29) is 5.41 Å². The first kappa shape index (κ1) is 14.0. The molecule has 3 aromatic rings. The molecule has 0 N–H and O–H groups in total. The molecule has 0 aliphatic heterocycles. The monoisotopic (exact) mass is 328 g/mol. The van der Waals surface area contributed by atoms with Crippen LogP contribution in [0.1, 0.15) is 25.0 Å². The second kappa shape index (κ2) is 4.96. The van der Waals surface area contributed by atoms with Crippen LogP contribution in [0, 0.1) is 0 Å². The van der Waals surface area contributed by atoms with Crippen LogP contribution in [0.3, 0.4) is 0 Å². The van der Waals surface area contributed by atoms with Gasteiger partial charge in [-0.1, -0.05) is 25.1 Å². The molecule has 0 saturated carbocycles. The van der Waals surface area contributed by atoms with Gasteiger partial charge in [-0.05, 0) is 29.7 Å². The Morgan fingerprint density at radius 1 is 1.32 bits per heavy atom. The summed E-state index contributed by atoms with van der Waals surface area (Å²) in [6, 6.07) is 4.13. The van der Waals surface area contributed by atoms with Crippen molar-refractivity contribution >= 4 is 23.1 Å². The summed E-state index contributed by atoms with van der Waals surface area (Å²) in [7, 11) is 0. The van der Waals surface area contributed by atoms with Gasteiger partial charge in [-0.15, -0.1) is 23.1 Å². The van der Waals surface area contributed by atoms with Gasteiger partial charge in [0.1, 0.15) is 0 Å². The molecule has 3 heterocycles. The average Bonchev–Trinajstić information content (AvgIpc) is 3.12. The largest absolute Gasteiger partial charge is 0.356 e. The zero-order valence-electron chi connectivity index (χ0n) is 12.7. The van der Waals surface area contributed by atoms with Crippen LogP contribution in [0.15, 0.2) is 39.5 Å². The normalized spacial score (nSPS) is 15.4. The van der Waals surface area contributed by atoms with Gasteiger partial charge in [-0.25, -0.2) is 0 Å². The fourth-order valence-electron chi connectivity index (χ4n) is 3.15. The third-order valence-electron chi connectivity index (χ3n) is 4.23. The van der Waals surface area contributed by atoms with E-state index in [0.29, 0.717) is 0 Å². The number of thiophene rings is 1. The summed E-state index contributed by atoms with van der Waals surface area (Å²) in [5, 5.41) is 4.06. The van der Waals surface area contributed by atoms with Crippen molar-refractivity contribution in [2.24, 2.45) is 0 Å². The molecule has 0 unspecified atom stereocenters. The number of pyridine rings is 1. The molecule has 0 saturated heterocycles. The van der Waals surface area contributed by atoms with E-state index in [1.54, 1.807) is 11.8 Å².